The molecule has 1 amide bonds. The van der Waals surface area contributed by atoms with Gasteiger partial charge in [-0.25, -0.2) is 4.98 Å². The van der Waals surface area contributed by atoms with Gasteiger partial charge in [-0.3, -0.25) is 4.79 Å². The summed E-state index contributed by atoms with van der Waals surface area (Å²) in [6.07, 6.45) is 1.04. The number of rotatable bonds is 5. The highest BCUT2D eigenvalue weighted by Gasteiger charge is 2.15. The molecule has 0 aliphatic rings. The van der Waals surface area contributed by atoms with Crippen LogP contribution in [-0.2, 0) is 0 Å². The van der Waals surface area contributed by atoms with E-state index < -0.39 is 0 Å². The second-order valence-electron chi connectivity index (χ2n) is 3.94. The first kappa shape index (κ1) is 13.2. The van der Waals surface area contributed by atoms with Crippen LogP contribution in [0.15, 0.2) is 4.42 Å². The number of hydrogen-bond donors (Lipinski definition) is 1. The number of aryl methyl sites for hydroxylation is 2. The number of nitrogens with zero attached hydrogens (tertiary/aromatic N) is 1. The lowest BCUT2D eigenvalue weighted by Crippen LogP contribution is -2.28. The number of aromatic nitrogens is 1. The Kier molecular flexibility index (Phi) is 4.99. The van der Waals surface area contributed by atoms with Gasteiger partial charge in [0.15, 0.2) is 5.89 Å². The summed E-state index contributed by atoms with van der Waals surface area (Å²) in [4.78, 5) is 15.8. The van der Waals surface area contributed by atoms with Crippen molar-refractivity contribution < 1.29 is 9.21 Å². The Morgan fingerprint density at radius 2 is 2.25 bits per heavy atom. The largest absolute Gasteiger partial charge is 0.436 e. The van der Waals surface area contributed by atoms with E-state index in [1.807, 2.05) is 0 Å². The van der Waals surface area contributed by atoms with Gasteiger partial charge in [0.2, 0.25) is 5.76 Å². The van der Waals surface area contributed by atoms with Crippen LogP contribution < -0.4 is 5.32 Å². The van der Waals surface area contributed by atoms with Crippen molar-refractivity contribution >= 4 is 21.8 Å². The molecular weight excluding hydrogens is 272 g/mol. The SMILES string of the molecule is Cc1nc(C)c(C(=O)NCC(C)CCBr)o1. The normalized spacial score (nSPS) is 12.5. The summed E-state index contributed by atoms with van der Waals surface area (Å²) in [5.41, 5.74) is 0.642. The number of nitrogens with one attached hydrogen (secondary N) is 1. The van der Waals surface area contributed by atoms with Crippen LogP contribution in [0.3, 0.4) is 0 Å². The van der Waals surface area contributed by atoms with E-state index >= 15 is 0 Å². The molecule has 0 aliphatic carbocycles. The van der Waals surface area contributed by atoms with Crippen LogP contribution in [0.25, 0.3) is 0 Å². The van der Waals surface area contributed by atoms with Gasteiger partial charge < -0.3 is 9.73 Å². The number of amides is 1. The van der Waals surface area contributed by atoms with Gasteiger partial charge in [0.25, 0.3) is 5.91 Å². The van der Waals surface area contributed by atoms with Crippen LogP contribution in [0.5, 0.6) is 0 Å². The number of oxazole rings is 1. The average molecular weight is 289 g/mol. The van der Waals surface area contributed by atoms with Crippen molar-refractivity contribution in [1.29, 1.82) is 0 Å². The molecule has 4 nitrogen and oxygen atoms in total. The first-order valence-electron chi connectivity index (χ1n) is 5.32. The molecule has 1 aromatic rings. The number of halogens is 1. The highest BCUT2D eigenvalue weighted by Crippen LogP contribution is 2.09. The van der Waals surface area contributed by atoms with E-state index in [2.05, 4.69) is 33.2 Å². The minimum absolute atomic E-state index is 0.181. The van der Waals surface area contributed by atoms with Crippen LogP contribution >= 0.6 is 15.9 Å². The number of alkyl halides is 1. The minimum Gasteiger partial charge on any atom is -0.436 e. The van der Waals surface area contributed by atoms with E-state index in [4.69, 9.17) is 4.42 Å². The summed E-state index contributed by atoms with van der Waals surface area (Å²) in [7, 11) is 0. The molecule has 1 atom stereocenters. The standard InChI is InChI=1S/C11H17BrN2O2/c1-7(4-5-12)6-13-11(15)10-8(2)14-9(3)16-10/h7H,4-6H2,1-3H3,(H,13,15). The third kappa shape index (κ3) is 3.63. The van der Waals surface area contributed by atoms with Crippen LogP contribution in [0.4, 0.5) is 0 Å². The van der Waals surface area contributed by atoms with Gasteiger partial charge in [-0.15, -0.1) is 0 Å². The summed E-state index contributed by atoms with van der Waals surface area (Å²) < 4.78 is 5.24. The monoisotopic (exact) mass is 288 g/mol. The van der Waals surface area contributed by atoms with Crippen molar-refractivity contribution in [2.24, 2.45) is 5.92 Å². The molecule has 0 saturated carbocycles. The van der Waals surface area contributed by atoms with Crippen molar-refractivity contribution in [3.63, 3.8) is 0 Å². The zero-order valence-corrected chi connectivity index (χ0v) is 11.4. The molecule has 0 aromatic carbocycles. The molecule has 5 heteroatoms. The van der Waals surface area contributed by atoms with Gasteiger partial charge in [0.1, 0.15) is 0 Å². The Morgan fingerprint density at radius 1 is 1.56 bits per heavy atom. The summed E-state index contributed by atoms with van der Waals surface area (Å²) >= 11 is 3.38. The van der Waals surface area contributed by atoms with Crippen LogP contribution in [0.1, 0.15) is 35.5 Å². The lowest BCUT2D eigenvalue weighted by molar-refractivity contribution is 0.0918. The van der Waals surface area contributed by atoms with Crippen LogP contribution in [0, 0.1) is 19.8 Å². The molecule has 0 radical (unpaired) electrons. The van der Waals surface area contributed by atoms with Crippen LogP contribution in [-0.4, -0.2) is 22.8 Å². The van der Waals surface area contributed by atoms with Crippen molar-refractivity contribution in [3.05, 3.63) is 17.3 Å². The fourth-order valence-corrected chi connectivity index (χ4v) is 2.16. The Hall–Kier alpha value is -0.840. The molecule has 1 rings (SSSR count). The predicted molar refractivity (Wildman–Crippen MR) is 65.9 cm³/mol. The smallest absolute Gasteiger partial charge is 0.289 e. The lowest BCUT2D eigenvalue weighted by atomic mass is 10.1. The molecule has 1 N–H and O–H groups in total. The maximum Gasteiger partial charge on any atom is 0.289 e. The first-order valence-corrected chi connectivity index (χ1v) is 6.45. The first-order chi connectivity index (χ1) is 7.54. The van der Waals surface area contributed by atoms with Crippen LogP contribution in [0.2, 0.25) is 0 Å². The van der Waals surface area contributed by atoms with Crippen molar-refractivity contribution in [2.45, 2.75) is 27.2 Å². The van der Waals surface area contributed by atoms with Gasteiger partial charge in [0, 0.05) is 18.8 Å². The lowest BCUT2D eigenvalue weighted by Gasteiger charge is -2.09. The van der Waals surface area contributed by atoms with E-state index in [9.17, 15) is 4.79 Å². The third-order valence-electron chi connectivity index (χ3n) is 2.32. The van der Waals surface area contributed by atoms with Gasteiger partial charge >= 0.3 is 0 Å². The number of hydrogen-bond acceptors (Lipinski definition) is 3. The fourth-order valence-electron chi connectivity index (χ4n) is 1.38. The second kappa shape index (κ2) is 6.03. The van der Waals surface area contributed by atoms with Gasteiger partial charge in [-0.05, 0) is 19.3 Å². The Morgan fingerprint density at radius 3 is 2.75 bits per heavy atom. The molecule has 0 aliphatic heterocycles. The Balaban J connectivity index is 2.50. The summed E-state index contributed by atoms with van der Waals surface area (Å²) in [6.45, 7) is 6.26. The Bertz CT molecular complexity index is 363. The fraction of sp³-hybridized carbons (Fsp3) is 0.636. The van der Waals surface area contributed by atoms with E-state index in [0.717, 1.165) is 11.8 Å². The molecule has 0 spiro atoms. The quantitative estimate of drug-likeness (QED) is 0.847. The van der Waals surface area contributed by atoms with E-state index in [1.54, 1.807) is 13.8 Å². The van der Waals surface area contributed by atoms with E-state index in [-0.39, 0.29) is 5.91 Å². The molecule has 1 unspecified atom stereocenters. The molecule has 0 saturated heterocycles. The number of carbonyl (C=O) groups excluding carboxylic acids is 1. The van der Waals surface area contributed by atoms with Gasteiger partial charge in [0.05, 0.1) is 5.69 Å². The Labute approximate surface area is 104 Å². The molecule has 0 bridgehead atoms. The van der Waals surface area contributed by atoms with E-state index in [0.29, 0.717) is 29.8 Å². The minimum atomic E-state index is -0.181. The van der Waals surface area contributed by atoms with Gasteiger partial charge in [-0.2, -0.15) is 0 Å². The predicted octanol–water partition coefficient (Wildman–Crippen LogP) is 2.44. The second-order valence-corrected chi connectivity index (χ2v) is 4.73. The molecule has 1 aromatic heterocycles. The van der Waals surface area contributed by atoms with Crippen molar-refractivity contribution in [3.8, 4) is 0 Å². The highest BCUT2D eigenvalue weighted by molar-refractivity contribution is 9.09. The summed E-state index contributed by atoms with van der Waals surface area (Å²) in [6, 6.07) is 0. The van der Waals surface area contributed by atoms with Crippen molar-refractivity contribution in [1.82, 2.24) is 10.3 Å². The maximum absolute atomic E-state index is 11.7. The number of carbonyl (C=O) groups is 1. The van der Waals surface area contributed by atoms with Crippen molar-refractivity contribution in [2.75, 3.05) is 11.9 Å². The average Bonchev–Trinajstić information content (AvgIpc) is 2.55. The molecule has 90 valence electrons. The van der Waals surface area contributed by atoms with Gasteiger partial charge in [-0.1, -0.05) is 22.9 Å². The summed E-state index contributed by atoms with van der Waals surface area (Å²) in [5, 5.41) is 3.79. The van der Waals surface area contributed by atoms with E-state index in [1.165, 1.54) is 0 Å². The topological polar surface area (TPSA) is 55.1 Å². The third-order valence-corrected chi connectivity index (χ3v) is 2.78. The molecule has 0 fully saturated rings. The molecular formula is C11H17BrN2O2. The molecule has 16 heavy (non-hydrogen) atoms. The summed E-state index contributed by atoms with van der Waals surface area (Å²) in [5.74, 6) is 1.12. The maximum atomic E-state index is 11.7. The zero-order valence-electron chi connectivity index (χ0n) is 9.84. The molecule has 1 heterocycles. The highest BCUT2D eigenvalue weighted by atomic mass is 79.9. The zero-order chi connectivity index (χ0) is 12.1.